The summed E-state index contributed by atoms with van der Waals surface area (Å²) in [6.45, 7) is 0. The van der Waals surface area contributed by atoms with Crippen LogP contribution in [0.1, 0.15) is 16.1 Å². The Bertz CT molecular complexity index is 1270. The molecule has 8 nitrogen and oxygen atoms in total. The van der Waals surface area contributed by atoms with Crippen LogP contribution in [0.5, 0.6) is 0 Å². The van der Waals surface area contributed by atoms with E-state index in [4.69, 9.17) is 22.1 Å². The molecule has 1 aliphatic heterocycles. The van der Waals surface area contributed by atoms with Gasteiger partial charge in [0.15, 0.2) is 11.5 Å². The van der Waals surface area contributed by atoms with Crippen molar-refractivity contribution >= 4 is 34.6 Å². The largest absolute Gasteiger partial charge is 0.486 e. The maximum absolute atomic E-state index is 14.5. The Balaban J connectivity index is 1.68. The van der Waals surface area contributed by atoms with Crippen LogP contribution in [0.15, 0.2) is 54.9 Å². The minimum absolute atomic E-state index is 0.0861. The number of hydrogen-bond donors (Lipinski definition) is 4. The number of aromatic nitrogens is 2. The van der Waals surface area contributed by atoms with Crippen molar-refractivity contribution in [3.8, 4) is 11.3 Å². The molecule has 34 heavy (non-hydrogen) atoms. The summed E-state index contributed by atoms with van der Waals surface area (Å²) in [6, 6.07) is 7.84. The Morgan fingerprint density at radius 3 is 2.68 bits per heavy atom. The maximum atomic E-state index is 14.5. The van der Waals surface area contributed by atoms with Crippen molar-refractivity contribution < 1.29 is 28.5 Å². The molecule has 0 bridgehead atoms. The molecule has 3 heterocycles. The van der Waals surface area contributed by atoms with Crippen molar-refractivity contribution in [2.24, 2.45) is 0 Å². The first kappa shape index (κ1) is 23.6. The number of nitrogens with zero attached hydrogens (tertiary/aromatic N) is 2. The molecular formula is C23H19ClF2N4O4. The summed E-state index contributed by atoms with van der Waals surface area (Å²) >= 11 is 5.82. The van der Waals surface area contributed by atoms with E-state index in [1.54, 1.807) is 0 Å². The number of rotatable bonds is 5. The summed E-state index contributed by atoms with van der Waals surface area (Å²) < 4.78 is 34.4. The van der Waals surface area contributed by atoms with Crippen LogP contribution in [-0.4, -0.2) is 50.3 Å². The van der Waals surface area contributed by atoms with Crippen molar-refractivity contribution in [2.45, 2.75) is 18.3 Å². The second-order valence-corrected chi connectivity index (χ2v) is 7.74. The third-order valence-electron chi connectivity index (χ3n) is 5.17. The lowest BCUT2D eigenvalue weighted by Gasteiger charge is -2.31. The van der Waals surface area contributed by atoms with Crippen LogP contribution in [0.4, 0.5) is 20.2 Å². The first-order valence-electron chi connectivity index (χ1n) is 10.1. The predicted octanol–water partition coefficient (Wildman–Crippen LogP) is 2.96. The lowest BCUT2D eigenvalue weighted by atomic mass is 10.0. The van der Waals surface area contributed by atoms with Gasteiger partial charge in [-0.1, -0.05) is 12.1 Å². The van der Waals surface area contributed by atoms with Crippen LogP contribution >= 0.6 is 11.6 Å². The van der Waals surface area contributed by atoms with Crippen LogP contribution in [0.2, 0.25) is 0 Å². The molecule has 3 atom stereocenters. The Labute approximate surface area is 197 Å². The molecule has 0 aliphatic carbocycles. The number of amides is 1. The number of benzene rings is 1. The monoisotopic (exact) mass is 488 g/mol. The highest BCUT2D eigenvalue weighted by molar-refractivity contribution is 6.18. The summed E-state index contributed by atoms with van der Waals surface area (Å²) in [5, 5.41) is 22.7. The number of nitrogens with two attached hydrogens (primary N) is 1. The molecule has 3 aromatic rings. The third kappa shape index (κ3) is 4.56. The van der Waals surface area contributed by atoms with Crippen molar-refractivity contribution in [3.63, 3.8) is 0 Å². The number of carbonyl (C=O) groups is 1. The normalized spacial score (nSPS) is 19.8. The standard InChI is InChI=1S/C23H19ClF2N4O4/c24-9-19-22(32)17(31)8-18(34-19)12-5-6-28-10-16(12)29-23(33)21-15(27)7-14(26)20(30-21)11-3-1-2-4-13(11)25/h1-8,10,17,19,22,31-32H,9,27H2,(H,29,33)/t17-,19-,22+/m1/s1. The summed E-state index contributed by atoms with van der Waals surface area (Å²) in [6.07, 6.45) is 0.680. The number of nitrogens with one attached hydrogen (secondary N) is 1. The zero-order chi connectivity index (χ0) is 24.4. The van der Waals surface area contributed by atoms with Gasteiger partial charge < -0.3 is 26.0 Å². The Morgan fingerprint density at radius 2 is 1.94 bits per heavy atom. The molecule has 2 aromatic heterocycles. The Kier molecular flexibility index (Phi) is 6.73. The smallest absolute Gasteiger partial charge is 0.276 e. The molecule has 0 saturated heterocycles. The fourth-order valence-electron chi connectivity index (χ4n) is 3.44. The van der Waals surface area contributed by atoms with Crippen LogP contribution in [0, 0.1) is 11.6 Å². The number of halogens is 3. The van der Waals surface area contributed by atoms with Crippen molar-refractivity contribution in [1.82, 2.24) is 9.97 Å². The minimum atomic E-state index is -1.25. The molecule has 0 saturated carbocycles. The van der Waals surface area contributed by atoms with Gasteiger partial charge in [-0.05, 0) is 24.3 Å². The Hall–Kier alpha value is -3.60. The van der Waals surface area contributed by atoms with Gasteiger partial charge in [0.05, 0.1) is 23.5 Å². The zero-order valence-electron chi connectivity index (χ0n) is 17.5. The number of alkyl halides is 1. The number of aliphatic hydroxyl groups excluding tert-OH is 2. The van der Waals surface area contributed by atoms with E-state index in [0.717, 1.165) is 12.1 Å². The first-order valence-corrected chi connectivity index (χ1v) is 10.6. The lowest BCUT2D eigenvalue weighted by molar-refractivity contribution is -0.0441. The topological polar surface area (TPSA) is 131 Å². The molecule has 4 rings (SSSR count). The quantitative estimate of drug-likeness (QED) is 0.406. The van der Waals surface area contributed by atoms with Crippen molar-refractivity contribution in [2.75, 3.05) is 16.9 Å². The number of ether oxygens (including phenoxy) is 1. The van der Waals surface area contributed by atoms with Crippen LogP contribution in [0.3, 0.4) is 0 Å². The van der Waals surface area contributed by atoms with Gasteiger partial charge in [-0.15, -0.1) is 11.6 Å². The summed E-state index contributed by atoms with van der Waals surface area (Å²) in [5.41, 5.74) is 5.23. The zero-order valence-corrected chi connectivity index (χ0v) is 18.2. The number of hydrogen-bond acceptors (Lipinski definition) is 7. The molecule has 1 aliphatic rings. The Morgan fingerprint density at radius 1 is 1.18 bits per heavy atom. The van der Waals surface area contributed by atoms with E-state index in [1.165, 1.54) is 42.7 Å². The van der Waals surface area contributed by atoms with Gasteiger partial charge in [-0.25, -0.2) is 13.8 Å². The summed E-state index contributed by atoms with van der Waals surface area (Å²) in [5.74, 6) is -2.34. The van der Waals surface area contributed by atoms with E-state index in [9.17, 15) is 23.8 Å². The van der Waals surface area contributed by atoms with Gasteiger partial charge in [-0.2, -0.15) is 0 Å². The number of carbonyl (C=O) groups excluding carboxylic acids is 1. The summed E-state index contributed by atoms with van der Waals surface area (Å²) in [7, 11) is 0. The molecular weight excluding hydrogens is 470 g/mol. The number of aliphatic hydroxyl groups is 2. The number of nitrogen functional groups attached to an aromatic ring is 1. The van der Waals surface area contributed by atoms with Gasteiger partial charge in [0.25, 0.3) is 5.91 Å². The average molecular weight is 489 g/mol. The fraction of sp³-hybridized carbons (Fsp3) is 0.174. The van der Waals surface area contributed by atoms with Crippen molar-refractivity contribution in [1.29, 1.82) is 0 Å². The molecule has 0 spiro atoms. The third-order valence-corrected chi connectivity index (χ3v) is 5.47. The predicted molar refractivity (Wildman–Crippen MR) is 122 cm³/mol. The molecule has 1 amide bonds. The molecule has 1 aromatic carbocycles. The summed E-state index contributed by atoms with van der Waals surface area (Å²) in [4.78, 5) is 21.0. The number of anilines is 2. The molecule has 0 fully saturated rings. The van der Waals surface area contributed by atoms with E-state index in [0.29, 0.717) is 5.56 Å². The van der Waals surface area contributed by atoms with E-state index >= 15 is 0 Å². The van der Waals surface area contributed by atoms with Gasteiger partial charge in [0.2, 0.25) is 0 Å². The van der Waals surface area contributed by atoms with E-state index in [2.05, 4.69) is 15.3 Å². The number of pyridine rings is 2. The average Bonchev–Trinajstić information content (AvgIpc) is 2.82. The maximum Gasteiger partial charge on any atom is 0.276 e. The minimum Gasteiger partial charge on any atom is -0.486 e. The van der Waals surface area contributed by atoms with Crippen LogP contribution < -0.4 is 11.1 Å². The van der Waals surface area contributed by atoms with Gasteiger partial charge in [0.1, 0.15) is 35.6 Å². The molecule has 11 heteroatoms. The first-order chi connectivity index (χ1) is 16.3. The van der Waals surface area contributed by atoms with Gasteiger partial charge >= 0.3 is 0 Å². The van der Waals surface area contributed by atoms with E-state index < -0.39 is 35.9 Å². The highest BCUT2D eigenvalue weighted by atomic mass is 35.5. The second-order valence-electron chi connectivity index (χ2n) is 7.43. The molecule has 176 valence electrons. The van der Waals surface area contributed by atoms with E-state index in [-0.39, 0.29) is 40.0 Å². The molecule has 0 unspecified atom stereocenters. The van der Waals surface area contributed by atoms with Gasteiger partial charge in [0, 0.05) is 23.4 Å². The molecule has 5 N–H and O–H groups in total. The SMILES string of the molecule is Nc1cc(F)c(-c2ccccc2F)nc1C(=O)Nc1cnccc1C1=C[C@@H](O)[C@H](O)[C@@H](CCl)O1. The van der Waals surface area contributed by atoms with Gasteiger partial charge in [-0.3, -0.25) is 9.78 Å². The highest BCUT2D eigenvalue weighted by Crippen LogP contribution is 2.32. The van der Waals surface area contributed by atoms with E-state index in [1.807, 2.05) is 0 Å². The second kappa shape index (κ2) is 9.72. The highest BCUT2D eigenvalue weighted by Gasteiger charge is 2.33. The van der Waals surface area contributed by atoms with Crippen LogP contribution in [0.25, 0.3) is 17.0 Å². The van der Waals surface area contributed by atoms with Crippen molar-refractivity contribution in [3.05, 3.63) is 77.8 Å². The fourth-order valence-corrected chi connectivity index (χ4v) is 3.68. The molecule has 0 radical (unpaired) electrons. The van der Waals surface area contributed by atoms with Crippen LogP contribution in [-0.2, 0) is 4.74 Å². The lowest BCUT2D eigenvalue weighted by Crippen LogP contribution is -2.42.